The van der Waals surface area contributed by atoms with Gasteiger partial charge in [0, 0.05) is 37.1 Å². The van der Waals surface area contributed by atoms with Gasteiger partial charge < -0.3 is 16.4 Å². The number of nitrogens with one attached hydrogen (secondary N) is 2. The number of hydrogen-bond acceptors (Lipinski definition) is 5. The van der Waals surface area contributed by atoms with Crippen molar-refractivity contribution >= 4 is 34.1 Å². The highest BCUT2D eigenvalue weighted by atomic mass is 19.1. The molecule has 0 saturated heterocycles. The summed E-state index contributed by atoms with van der Waals surface area (Å²) in [5.41, 5.74) is 7.51. The van der Waals surface area contributed by atoms with E-state index in [9.17, 15) is 14.0 Å². The summed E-state index contributed by atoms with van der Waals surface area (Å²) in [6, 6.07) is 12.9. The zero-order chi connectivity index (χ0) is 22.0. The van der Waals surface area contributed by atoms with E-state index < -0.39 is 17.6 Å². The lowest BCUT2D eigenvalue weighted by Gasteiger charge is -2.13. The van der Waals surface area contributed by atoms with Crippen molar-refractivity contribution in [2.24, 2.45) is 12.8 Å². The van der Waals surface area contributed by atoms with Crippen molar-refractivity contribution in [1.82, 2.24) is 14.8 Å². The van der Waals surface area contributed by atoms with Crippen molar-refractivity contribution in [3.05, 3.63) is 83.6 Å². The second-order valence-electron chi connectivity index (χ2n) is 6.96. The molecule has 0 aliphatic heterocycles. The predicted octanol–water partition coefficient (Wildman–Crippen LogP) is 3.07. The third-order valence-corrected chi connectivity index (χ3v) is 4.68. The third kappa shape index (κ3) is 4.35. The van der Waals surface area contributed by atoms with Gasteiger partial charge in [0.15, 0.2) is 0 Å². The van der Waals surface area contributed by atoms with Crippen LogP contribution in [0.15, 0.2) is 60.9 Å². The molecule has 0 bridgehead atoms. The molecule has 0 radical (unpaired) electrons. The summed E-state index contributed by atoms with van der Waals surface area (Å²) in [4.78, 5) is 28.1. The quantitative estimate of drug-likeness (QED) is 0.445. The van der Waals surface area contributed by atoms with Crippen molar-refractivity contribution in [3.8, 4) is 0 Å². The first kappa shape index (κ1) is 20.0. The van der Waals surface area contributed by atoms with Crippen molar-refractivity contribution in [3.63, 3.8) is 0 Å². The van der Waals surface area contributed by atoms with Crippen LogP contribution in [0.4, 0.5) is 15.8 Å². The molecule has 2 amide bonds. The van der Waals surface area contributed by atoms with E-state index in [-0.39, 0.29) is 17.8 Å². The molecule has 0 fully saturated rings. The summed E-state index contributed by atoms with van der Waals surface area (Å²) in [5.74, 6) is -1.89. The number of halogens is 1. The van der Waals surface area contributed by atoms with E-state index in [2.05, 4.69) is 20.7 Å². The van der Waals surface area contributed by atoms with Crippen LogP contribution in [-0.2, 0) is 13.6 Å². The number of amides is 2. The van der Waals surface area contributed by atoms with Crippen LogP contribution in [0.25, 0.3) is 10.9 Å². The first-order valence-electron chi connectivity index (χ1n) is 9.42. The highest BCUT2D eigenvalue weighted by Crippen LogP contribution is 2.23. The van der Waals surface area contributed by atoms with Gasteiger partial charge in [0.1, 0.15) is 11.5 Å². The summed E-state index contributed by atoms with van der Waals surface area (Å²) in [5, 5.41) is 11.0. The normalized spacial score (nSPS) is 10.8. The maximum absolute atomic E-state index is 14.6. The number of pyridine rings is 1. The van der Waals surface area contributed by atoms with Gasteiger partial charge in [-0.25, -0.2) is 4.39 Å². The number of nitrogens with two attached hydrogens (primary N) is 1. The maximum atomic E-state index is 14.6. The van der Waals surface area contributed by atoms with Crippen molar-refractivity contribution in [1.29, 1.82) is 0 Å². The molecule has 0 aliphatic carbocycles. The number of benzene rings is 2. The number of anilines is 2. The lowest BCUT2D eigenvalue weighted by molar-refractivity contribution is 0.0993. The van der Waals surface area contributed by atoms with E-state index in [1.807, 2.05) is 19.3 Å². The molecule has 2 aromatic heterocycles. The summed E-state index contributed by atoms with van der Waals surface area (Å²) >= 11 is 0. The summed E-state index contributed by atoms with van der Waals surface area (Å²) < 4.78 is 16.2. The van der Waals surface area contributed by atoms with Crippen molar-refractivity contribution in [2.75, 3.05) is 10.6 Å². The number of rotatable bonds is 6. The molecule has 0 aliphatic rings. The van der Waals surface area contributed by atoms with Gasteiger partial charge in [-0.05, 0) is 48.0 Å². The van der Waals surface area contributed by atoms with Crippen LogP contribution in [0.2, 0.25) is 0 Å². The van der Waals surface area contributed by atoms with Crippen LogP contribution in [0.3, 0.4) is 0 Å². The Labute approximate surface area is 176 Å². The standard InChI is InChI=1S/C22H19FN6O2/c1-29-12-14-5-6-15(10-18(14)28-29)27-22(31)20-16(23)3-2-4-17(20)26-11-13-7-8-25-19(9-13)21(24)30/h2-10,12,26H,11H2,1H3,(H2,24,30)(H,27,31). The Morgan fingerprint density at radius 2 is 2.00 bits per heavy atom. The van der Waals surface area contributed by atoms with Gasteiger partial charge in [-0.1, -0.05) is 6.07 Å². The number of aryl methyl sites for hydroxylation is 1. The molecule has 2 aromatic carbocycles. The lowest BCUT2D eigenvalue weighted by Crippen LogP contribution is -2.17. The van der Waals surface area contributed by atoms with E-state index in [0.717, 1.165) is 10.9 Å². The average Bonchev–Trinajstić information content (AvgIpc) is 3.11. The number of carbonyl (C=O) groups excluding carboxylic acids is 2. The Balaban J connectivity index is 1.55. The monoisotopic (exact) mass is 418 g/mol. The average molecular weight is 418 g/mol. The molecule has 4 N–H and O–H groups in total. The smallest absolute Gasteiger partial charge is 0.267 e. The first-order valence-corrected chi connectivity index (χ1v) is 9.42. The second-order valence-corrected chi connectivity index (χ2v) is 6.96. The zero-order valence-electron chi connectivity index (χ0n) is 16.6. The Morgan fingerprint density at radius 3 is 2.81 bits per heavy atom. The lowest BCUT2D eigenvalue weighted by atomic mass is 10.1. The van der Waals surface area contributed by atoms with Crippen LogP contribution in [0.1, 0.15) is 26.4 Å². The van der Waals surface area contributed by atoms with E-state index in [1.54, 1.807) is 28.9 Å². The molecule has 9 heteroatoms. The number of hydrogen-bond donors (Lipinski definition) is 3. The number of fused-ring (bicyclic) bond motifs is 1. The fraction of sp³-hybridized carbons (Fsp3) is 0.0909. The van der Waals surface area contributed by atoms with Crippen LogP contribution in [-0.4, -0.2) is 26.6 Å². The van der Waals surface area contributed by atoms with E-state index in [1.165, 1.54) is 24.4 Å². The summed E-state index contributed by atoms with van der Waals surface area (Å²) in [6.07, 6.45) is 3.33. The van der Waals surface area contributed by atoms with Crippen LogP contribution in [0.5, 0.6) is 0 Å². The van der Waals surface area contributed by atoms with E-state index in [4.69, 9.17) is 5.73 Å². The summed E-state index contributed by atoms with van der Waals surface area (Å²) in [6.45, 7) is 0.242. The third-order valence-electron chi connectivity index (χ3n) is 4.68. The molecule has 4 rings (SSSR count). The largest absolute Gasteiger partial charge is 0.380 e. The topological polar surface area (TPSA) is 115 Å². The highest BCUT2D eigenvalue weighted by Gasteiger charge is 2.17. The molecular weight excluding hydrogens is 399 g/mol. The van der Waals surface area contributed by atoms with Gasteiger partial charge in [-0.15, -0.1) is 0 Å². The van der Waals surface area contributed by atoms with Crippen molar-refractivity contribution < 1.29 is 14.0 Å². The molecular formula is C22H19FN6O2. The molecule has 0 spiro atoms. The fourth-order valence-electron chi connectivity index (χ4n) is 3.23. The Bertz CT molecular complexity index is 1300. The zero-order valence-corrected chi connectivity index (χ0v) is 16.6. The highest BCUT2D eigenvalue weighted by molar-refractivity contribution is 6.08. The van der Waals surface area contributed by atoms with Gasteiger partial charge in [0.05, 0.1) is 16.8 Å². The van der Waals surface area contributed by atoms with Gasteiger partial charge >= 0.3 is 0 Å². The van der Waals surface area contributed by atoms with Gasteiger partial charge in [-0.2, -0.15) is 5.10 Å². The minimum Gasteiger partial charge on any atom is -0.380 e. The minimum atomic E-state index is -0.658. The van der Waals surface area contributed by atoms with E-state index >= 15 is 0 Å². The molecule has 0 atom stereocenters. The van der Waals surface area contributed by atoms with Crippen molar-refractivity contribution in [2.45, 2.75) is 6.54 Å². The van der Waals surface area contributed by atoms with Gasteiger partial charge in [0.25, 0.3) is 11.8 Å². The Hall–Kier alpha value is -4.27. The number of primary amides is 1. The molecule has 4 aromatic rings. The Kier molecular flexibility index (Phi) is 5.31. The SMILES string of the molecule is Cn1cc2ccc(NC(=O)c3c(F)cccc3NCc3ccnc(C(N)=O)c3)cc2n1. The maximum Gasteiger partial charge on any atom is 0.267 e. The molecule has 31 heavy (non-hydrogen) atoms. The van der Waals surface area contributed by atoms with Gasteiger partial charge in [0.2, 0.25) is 0 Å². The molecule has 0 unspecified atom stereocenters. The molecule has 0 saturated carbocycles. The molecule has 2 heterocycles. The predicted molar refractivity (Wildman–Crippen MR) is 115 cm³/mol. The molecule has 8 nitrogen and oxygen atoms in total. The number of carbonyl (C=O) groups is 2. The first-order chi connectivity index (χ1) is 14.9. The van der Waals surface area contributed by atoms with Crippen LogP contribution < -0.4 is 16.4 Å². The summed E-state index contributed by atoms with van der Waals surface area (Å²) in [7, 11) is 1.81. The second kappa shape index (κ2) is 8.23. The Morgan fingerprint density at radius 1 is 1.16 bits per heavy atom. The minimum absolute atomic E-state index is 0.118. The van der Waals surface area contributed by atoms with Gasteiger partial charge in [-0.3, -0.25) is 19.3 Å². The molecule has 156 valence electrons. The van der Waals surface area contributed by atoms with Crippen LogP contribution in [0, 0.1) is 5.82 Å². The fourth-order valence-corrected chi connectivity index (χ4v) is 3.23. The van der Waals surface area contributed by atoms with E-state index in [0.29, 0.717) is 16.9 Å². The number of nitrogens with zero attached hydrogens (tertiary/aromatic N) is 3. The number of aromatic nitrogens is 3. The van der Waals surface area contributed by atoms with Crippen LogP contribution >= 0.6 is 0 Å².